The summed E-state index contributed by atoms with van der Waals surface area (Å²) in [5, 5.41) is 0. The van der Waals surface area contributed by atoms with Crippen LogP contribution in [0.5, 0.6) is 0 Å². The van der Waals surface area contributed by atoms with Crippen LogP contribution in [0.3, 0.4) is 0 Å². The third-order valence-electron chi connectivity index (χ3n) is 9.29. The molecule has 0 aromatic heterocycles. The van der Waals surface area contributed by atoms with Gasteiger partial charge in [0.1, 0.15) is 19.8 Å². The number of phosphoric acid groups is 1. The predicted molar refractivity (Wildman–Crippen MR) is 213 cm³/mol. The van der Waals surface area contributed by atoms with E-state index in [4.69, 9.17) is 18.5 Å². The fraction of sp³-hybridized carbons (Fsp3) is 0.905. The lowest BCUT2D eigenvalue weighted by Gasteiger charge is -2.28. The highest BCUT2D eigenvalue weighted by Crippen LogP contribution is 2.38. The van der Waals surface area contributed by atoms with Gasteiger partial charge in [-0.25, -0.2) is 0 Å². The molecule has 1 unspecified atom stereocenters. The van der Waals surface area contributed by atoms with Crippen molar-refractivity contribution in [1.29, 1.82) is 0 Å². The van der Waals surface area contributed by atoms with Crippen LogP contribution in [-0.4, -0.2) is 70.0 Å². The third kappa shape index (κ3) is 38.5. The van der Waals surface area contributed by atoms with Gasteiger partial charge in [0.05, 0.1) is 27.7 Å². The summed E-state index contributed by atoms with van der Waals surface area (Å²) < 4.78 is 33.8. The van der Waals surface area contributed by atoms with Gasteiger partial charge in [-0.3, -0.25) is 14.2 Å². The SMILES string of the molecule is CCCCCCC/C=C\CCCCCCCC(=O)OC[C@H](COP(=O)([O-])OCC[N+](C)(C)C)OC(=O)CCCCCCCCCCCCCCCC. The minimum atomic E-state index is -4.62. The minimum absolute atomic E-state index is 0.0290. The summed E-state index contributed by atoms with van der Waals surface area (Å²) >= 11 is 0. The summed E-state index contributed by atoms with van der Waals surface area (Å²) in [7, 11) is 1.17. The molecule has 0 rings (SSSR count). The number of carbonyl (C=O) groups excluding carboxylic acids is 2. The Hall–Kier alpha value is -1.25. The van der Waals surface area contributed by atoms with Crippen LogP contribution in [0.1, 0.15) is 194 Å². The maximum absolute atomic E-state index is 12.6. The molecule has 0 bridgehead atoms. The molecule has 0 spiro atoms. The highest BCUT2D eigenvalue weighted by molar-refractivity contribution is 7.45. The zero-order valence-corrected chi connectivity index (χ0v) is 35.4. The van der Waals surface area contributed by atoms with Crippen LogP contribution < -0.4 is 4.89 Å². The molecule has 308 valence electrons. The summed E-state index contributed by atoms with van der Waals surface area (Å²) in [6.45, 7) is 4.22. The second kappa shape index (κ2) is 35.5. The lowest BCUT2D eigenvalue weighted by Crippen LogP contribution is -2.37. The molecule has 52 heavy (non-hydrogen) atoms. The molecule has 0 aromatic rings. The number of rotatable bonds is 39. The summed E-state index contributed by atoms with van der Waals surface area (Å²) in [5.41, 5.74) is 0. The molecule has 0 aliphatic heterocycles. The van der Waals surface area contributed by atoms with Crippen molar-refractivity contribution in [2.45, 2.75) is 200 Å². The molecule has 2 atom stereocenters. The van der Waals surface area contributed by atoms with E-state index in [-0.39, 0.29) is 32.0 Å². The molecule has 0 saturated carbocycles. The number of hydrogen-bond donors (Lipinski definition) is 0. The largest absolute Gasteiger partial charge is 0.756 e. The van der Waals surface area contributed by atoms with Crippen molar-refractivity contribution in [1.82, 2.24) is 0 Å². The lowest BCUT2D eigenvalue weighted by molar-refractivity contribution is -0.870. The molecule has 0 N–H and O–H groups in total. The molecule has 0 saturated heterocycles. The number of likely N-dealkylation sites (N-methyl/N-ethyl adjacent to an activating group) is 1. The van der Waals surface area contributed by atoms with E-state index in [1.54, 1.807) is 0 Å². The van der Waals surface area contributed by atoms with Gasteiger partial charge in [-0.15, -0.1) is 0 Å². The van der Waals surface area contributed by atoms with Crippen molar-refractivity contribution in [3.63, 3.8) is 0 Å². The Bertz CT molecular complexity index is 907. The van der Waals surface area contributed by atoms with Crippen molar-refractivity contribution < 1.29 is 42.1 Å². The molecule has 10 heteroatoms. The fourth-order valence-electron chi connectivity index (χ4n) is 5.88. The average molecular weight is 760 g/mol. The fourth-order valence-corrected chi connectivity index (χ4v) is 6.61. The van der Waals surface area contributed by atoms with Gasteiger partial charge < -0.3 is 27.9 Å². The van der Waals surface area contributed by atoms with Gasteiger partial charge in [-0.2, -0.15) is 0 Å². The van der Waals surface area contributed by atoms with Crippen molar-refractivity contribution in [2.75, 3.05) is 47.5 Å². The molecule has 0 fully saturated rings. The molecule has 0 heterocycles. The first-order chi connectivity index (χ1) is 25.0. The van der Waals surface area contributed by atoms with E-state index in [0.29, 0.717) is 17.4 Å². The molecule has 0 aliphatic carbocycles. The van der Waals surface area contributed by atoms with E-state index in [0.717, 1.165) is 51.4 Å². The highest BCUT2D eigenvalue weighted by Gasteiger charge is 2.21. The van der Waals surface area contributed by atoms with Gasteiger partial charge in [-0.1, -0.05) is 154 Å². The van der Waals surface area contributed by atoms with Crippen LogP contribution in [0.25, 0.3) is 0 Å². The Morgan fingerprint density at radius 3 is 1.42 bits per heavy atom. The van der Waals surface area contributed by atoms with E-state index in [1.807, 2.05) is 21.1 Å². The average Bonchev–Trinajstić information content (AvgIpc) is 3.09. The van der Waals surface area contributed by atoms with Gasteiger partial charge in [0.15, 0.2) is 6.10 Å². The smallest absolute Gasteiger partial charge is 0.306 e. The third-order valence-corrected chi connectivity index (χ3v) is 10.2. The second-order valence-electron chi connectivity index (χ2n) is 15.7. The Labute approximate surface area is 320 Å². The standard InChI is InChI=1S/C42H82NO8P/c1-6-8-10-12-14-16-18-20-22-24-26-28-30-32-34-41(44)48-38-40(39-50-52(46,47)49-37-36-43(3,4)5)51-42(45)35-33-31-29-27-25-23-21-19-17-15-13-11-9-7-2/h18,20,40H,6-17,19,21-39H2,1-5H3/b20-18-/t40-/m1/s1. The number of allylic oxidation sites excluding steroid dienone is 2. The quantitative estimate of drug-likeness (QED) is 0.0200. The van der Waals surface area contributed by atoms with E-state index < -0.39 is 26.5 Å². The molecule has 0 aliphatic rings. The lowest BCUT2D eigenvalue weighted by atomic mass is 10.0. The van der Waals surface area contributed by atoms with Gasteiger partial charge in [-0.05, 0) is 38.5 Å². The Kier molecular flexibility index (Phi) is 34.6. The summed E-state index contributed by atoms with van der Waals surface area (Å²) in [5.74, 6) is -0.837. The summed E-state index contributed by atoms with van der Waals surface area (Å²) in [6, 6.07) is 0. The number of hydrogen-bond acceptors (Lipinski definition) is 8. The number of phosphoric ester groups is 1. The molecule has 0 aromatic carbocycles. The zero-order chi connectivity index (χ0) is 38.6. The maximum atomic E-state index is 12.6. The first-order valence-electron chi connectivity index (χ1n) is 21.4. The maximum Gasteiger partial charge on any atom is 0.306 e. The second-order valence-corrected chi connectivity index (χ2v) is 17.1. The molecule has 0 amide bonds. The van der Waals surface area contributed by atoms with Gasteiger partial charge in [0.25, 0.3) is 7.82 Å². The molecule has 0 radical (unpaired) electrons. The van der Waals surface area contributed by atoms with E-state index in [2.05, 4.69) is 26.0 Å². The Balaban J connectivity index is 4.37. The number of nitrogens with zero attached hydrogens (tertiary/aromatic N) is 1. The monoisotopic (exact) mass is 760 g/mol. The topological polar surface area (TPSA) is 111 Å². The Morgan fingerprint density at radius 2 is 0.981 bits per heavy atom. The van der Waals surface area contributed by atoms with Crippen LogP contribution in [0, 0.1) is 0 Å². The summed E-state index contributed by atoms with van der Waals surface area (Å²) in [4.78, 5) is 37.4. The van der Waals surface area contributed by atoms with Crippen molar-refractivity contribution in [3.8, 4) is 0 Å². The Morgan fingerprint density at radius 1 is 0.577 bits per heavy atom. The molecule has 9 nitrogen and oxygen atoms in total. The highest BCUT2D eigenvalue weighted by atomic mass is 31.2. The molecular weight excluding hydrogens is 677 g/mol. The van der Waals surface area contributed by atoms with Gasteiger partial charge in [0.2, 0.25) is 0 Å². The predicted octanol–water partition coefficient (Wildman–Crippen LogP) is 11.2. The number of carbonyl (C=O) groups is 2. The van der Waals surface area contributed by atoms with Crippen LogP contribution in [0.15, 0.2) is 12.2 Å². The number of ether oxygens (including phenoxy) is 2. The van der Waals surface area contributed by atoms with Gasteiger partial charge in [0, 0.05) is 12.8 Å². The minimum Gasteiger partial charge on any atom is -0.756 e. The number of esters is 2. The number of quaternary nitrogens is 1. The van der Waals surface area contributed by atoms with Crippen molar-refractivity contribution in [3.05, 3.63) is 12.2 Å². The molecular formula is C42H82NO8P. The van der Waals surface area contributed by atoms with Crippen molar-refractivity contribution >= 4 is 19.8 Å². The zero-order valence-electron chi connectivity index (χ0n) is 34.5. The normalized spacial score (nSPS) is 13.7. The first-order valence-corrected chi connectivity index (χ1v) is 22.9. The van der Waals surface area contributed by atoms with Crippen LogP contribution in [0.4, 0.5) is 0 Å². The first kappa shape index (κ1) is 50.8. The summed E-state index contributed by atoms with van der Waals surface area (Å²) in [6.07, 6.45) is 35.1. The van der Waals surface area contributed by atoms with Crippen LogP contribution >= 0.6 is 7.82 Å². The van der Waals surface area contributed by atoms with Crippen LogP contribution in [0.2, 0.25) is 0 Å². The van der Waals surface area contributed by atoms with Crippen LogP contribution in [-0.2, 0) is 32.7 Å². The van der Waals surface area contributed by atoms with E-state index in [9.17, 15) is 19.0 Å². The number of unbranched alkanes of at least 4 members (excludes halogenated alkanes) is 23. The van der Waals surface area contributed by atoms with E-state index in [1.165, 1.54) is 109 Å². The van der Waals surface area contributed by atoms with E-state index >= 15 is 0 Å². The van der Waals surface area contributed by atoms with Gasteiger partial charge >= 0.3 is 11.9 Å². The van der Waals surface area contributed by atoms with Crippen molar-refractivity contribution in [2.24, 2.45) is 0 Å².